The van der Waals surface area contributed by atoms with Crippen LogP contribution in [0.5, 0.6) is 0 Å². The van der Waals surface area contributed by atoms with Crippen molar-refractivity contribution in [3.05, 3.63) is 59.7 Å². The molecule has 0 aliphatic rings. The summed E-state index contributed by atoms with van der Waals surface area (Å²) < 4.78 is 7.45. The molecular formula is C21H24N2O3. The molecule has 0 spiro atoms. The van der Waals surface area contributed by atoms with E-state index in [0.717, 1.165) is 22.4 Å². The van der Waals surface area contributed by atoms with Crippen LogP contribution in [0.3, 0.4) is 0 Å². The molecule has 2 aromatic heterocycles. The zero-order valence-corrected chi connectivity index (χ0v) is 15.4. The van der Waals surface area contributed by atoms with Crippen LogP contribution < -0.4 is 5.32 Å². The van der Waals surface area contributed by atoms with Gasteiger partial charge in [-0.2, -0.15) is 0 Å². The number of benzene rings is 1. The van der Waals surface area contributed by atoms with Gasteiger partial charge in [0.2, 0.25) is 5.91 Å². The van der Waals surface area contributed by atoms with Gasteiger partial charge in [-0.05, 0) is 38.5 Å². The maximum atomic E-state index is 12.7. The normalized spacial score (nSPS) is 12.3. The Balaban J connectivity index is 1.78. The minimum absolute atomic E-state index is 0.00315. The van der Waals surface area contributed by atoms with Gasteiger partial charge in [0.1, 0.15) is 17.6 Å². The number of nitrogens with one attached hydrogen (secondary N) is 1. The third kappa shape index (κ3) is 3.57. The number of nitrogens with zero attached hydrogens (tertiary/aromatic N) is 1. The predicted molar refractivity (Wildman–Crippen MR) is 101 cm³/mol. The third-order valence-corrected chi connectivity index (χ3v) is 4.61. The monoisotopic (exact) mass is 352 g/mol. The van der Waals surface area contributed by atoms with Crippen molar-refractivity contribution in [2.75, 3.05) is 6.54 Å². The first-order chi connectivity index (χ1) is 12.5. The fourth-order valence-electron chi connectivity index (χ4n) is 3.30. The van der Waals surface area contributed by atoms with E-state index in [2.05, 4.69) is 5.32 Å². The number of carbonyl (C=O) groups is 2. The maximum Gasteiger partial charge on any atom is 0.243 e. The minimum atomic E-state index is -0.355. The summed E-state index contributed by atoms with van der Waals surface area (Å²) in [6.45, 7) is 5.95. The zero-order valence-electron chi connectivity index (χ0n) is 15.4. The molecule has 1 amide bonds. The molecule has 1 aromatic carbocycles. The average Bonchev–Trinajstić information content (AvgIpc) is 3.20. The van der Waals surface area contributed by atoms with E-state index in [0.29, 0.717) is 24.9 Å². The fourth-order valence-corrected chi connectivity index (χ4v) is 3.30. The van der Waals surface area contributed by atoms with E-state index in [1.165, 1.54) is 0 Å². The molecule has 1 N–H and O–H groups in total. The highest BCUT2D eigenvalue weighted by atomic mass is 16.3. The Morgan fingerprint density at radius 2 is 1.96 bits per heavy atom. The second-order valence-electron chi connectivity index (χ2n) is 6.50. The van der Waals surface area contributed by atoms with Crippen molar-refractivity contribution in [2.24, 2.45) is 0 Å². The van der Waals surface area contributed by atoms with Gasteiger partial charge >= 0.3 is 0 Å². The summed E-state index contributed by atoms with van der Waals surface area (Å²) in [5, 5.41) is 3.87. The van der Waals surface area contributed by atoms with E-state index in [-0.39, 0.29) is 17.7 Å². The van der Waals surface area contributed by atoms with E-state index < -0.39 is 0 Å². The lowest BCUT2D eigenvalue weighted by Gasteiger charge is -2.18. The second-order valence-corrected chi connectivity index (χ2v) is 6.50. The highest BCUT2D eigenvalue weighted by Gasteiger charge is 2.22. The lowest BCUT2D eigenvalue weighted by molar-refractivity contribution is -0.124. The molecule has 3 rings (SSSR count). The first kappa shape index (κ1) is 18.0. The number of rotatable bonds is 7. The van der Waals surface area contributed by atoms with E-state index in [9.17, 15) is 9.59 Å². The SMILES string of the molecule is CC[C@@H](C(=O)NCCc1ccc(C)o1)n1cc(C(C)=O)c2ccccc21. The second kappa shape index (κ2) is 7.60. The number of aromatic nitrogens is 1. The molecule has 1 atom stereocenters. The van der Waals surface area contributed by atoms with Crippen molar-refractivity contribution < 1.29 is 14.0 Å². The average molecular weight is 352 g/mol. The molecule has 2 heterocycles. The van der Waals surface area contributed by atoms with Crippen LogP contribution in [0, 0.1) is 6.92 Å². The molecule has 26 heavy (non-hydrogen) atoms. The summed E-state index contributed by atoms with van der Waals surface area (Å²) in [4.78, 5) is 24.7. The van der Waals surface area contributed by atoms with Crippen LogP contribution in [-0.2, 0) is 11.2 Å². The largest absolute Gasteiger partial charge is 0.466 e. The first-order valence-electron chi connectivity index (χ1n) is 8.94. The van der Waals surface area contributed by atoms with Crippen molar-refractivity contribution in [3.8, 4) is 0 Å². The van der Waals surface area contributed by atoms with Crippen molar-refractivity contribution in [2.45, 2.75) is 39.7 Å². The van der Waals surface area contributed by atoms with Crippen molar-refractivity contribution >= 4 is 22.6 Å². The number of hydrogen-bond acceptors (Lipinski definition) is 3. The Morgan fingerprint density at radius 3 is 2.62 bits per heavy atom. The predicted octanol–water partition coefficient (Wildman–Crippen LogP) is 4.06. The van der Waals surface area contributed by atoms with Gasteiger partial charge in [-0.15, -0.1) is 0 Å². The molecule has 5 nitrogen and oxygen atoms in total. The van der Waals surface area contributed by atoms with E-state index in [1.54, 1.807) is 13.1 Å². The molecule has 0 fully saturated rings. The summed E-state index contributed by atoms with van der Waals surface area (Å²) in [6.07, 6.45) is 3.10. The number of aryl methyl sites for hydroxylation is 1. The van der Waals surface area contributed by atoms with Crippen molar-refractivity contribution in [1.82, 2.24) is 9.88 Å². The van der Waals surface area contributed by atoms with Crippen molar-refractivity contribution in [3.63, 3.8) is 0 Å². The molecule has 0 aliphatic carbocycles. The number of para-hydroxylation sites is 1. The number of carbonyl (C=O) groups excluding carboxylic acids is 2. The van der Waals surface area contributed by atoms with Gasteiger partial charge < -0.3 is 14.3 Å². The third-order valence-electron chi connectivity index (χ3n) is 4.61. The lowest BCUT2D eigenvalue weighted by atomic mass is 10.1. The fraction of sp³-hybridized carbons (Fsp3) is 0.333. The Bertz CT molecular complexity index is 936. The number of amides is 1. The Kier molecular flexibility index (Phi) is 5.26. The van der Waals surface area contributed by atoms with Crippen LogP contribution >= 0.6 is 0 Å². The molecule has 0 aliphatic heterocycles. The van der Waals surface area contributed by atoms with Crippen molar-refractivity contribution in [1.29, 1.82) is 0 Å². The summed E-state index contributed by atoms with van der Waals surface area (Å²) in [7, 11) is 0. The molecule has 0 radical (unpaired) electrons. The summed E-state index contributed by atoms with van der Waals surface area (Å²) in [5.74, 6) is 1.68. The van der Waals surface area contributed by atoms with Crippen LogP contribution in [0.1, 0.15) is 48.2 Å². The molecule has 0 saturated carbocycles. The van der Waals surface area contributed by atoms with Gasteiger partial charge in [-0.25, -0.2) is 0 Å². The quantitative estimate of drug-likeness (QED) is 0.652. The molecule has 0 saturated heterocycles. The first-order valence-corrected chi connectivity index (χ1v) is 8.94. The number of Topliss-reactive ketones (excluding diaryl/α,β-unsaturated/α-hetero) is 1. The van der Waals surface area contributed by atoms with Gasteiger partial charge in [0.25, 0.3) is 0 Å². The molecule has 0 bridgehead atoms. The Hall–Kier alpha value is -2.82. The van der Waals surface area contributed by atoms with E-state index in [4.69, 9.17) is 4.42 Å². The molecule has 3 aromatic rings. The van der Waals surface area contributed by atoms with Gasteiger partial charge in [-0.1, -0.05) is 25.1 Å². The van der Waals surface area contributed by atoms with Crippen LogP contribution in [0.15, 0.2) is 47.0 Å². The Morgan fingerprint density at radius 1 is 1.19 bits per heavy atom. The molecular weight excluding hydrogens is 328 g/mol. The smallest absolute Gasteiger partial charge is 0.243 e. The van der Waals surface area contributed by atoms with Crippen LogP contribution in [0.4, 0.5) is 0 Å². The molecule has 5 heteroatoms. The van der Waals surface area contributed by atoms with Gasteiger partial charge in [0, 0.05) is 35.6 Å². The maximum absolute atomic E-state index is 12.7. The lowest BCUT2D eigenvalue weighted by Crippen LogP contribution is -2.33. The molecule has 136 valence electrons. The summed E-state index contributed by atoms with van der Waals surface area (Å²) >= 11 is 0. The standard InChI is InChI=1S/C21H24N2O3/c1-4-19(21(25)22-12-11-16-10-9-14(2)26-16)23-13-18(15(3)24)17-7-5-6-8-20(17)23/h5-10,13,19H,4,11-12H2,1-3H3,(H,22,25)/t19-/m0/s1. The topological polar surface area (TPSA) is 64.2 Å². The zero-order chi connectivity index (χ0) is 18.7. The van der Waals surface area contributed by atoms with E-state index in [1.807, 2.05) is 54.8 Å². The number of fused-ring (bicyclic) bond motifs is 1. The van der Waals surface area contributed by atoms with Gasteiger partial charge in [0.05, 0.1) is 0 Å². The number of furan rings is 1. The number of ketones is 1. The van der Waals surface area contributed by atoms with Crippen LogP contribution in [0.2, 0.25) is 0 Å². The minimum Gasteiger partial charge on any atom is -0.466 e. The Labute approximate surface area is 153 Å². The summed E-state index contributed by atoms with van der Waals surface area (Å²) in [5.41, 5.74) is 1.55. The van der Waals surface area contributed by atoms with E-state index >= 15 is 0 Å². The highest BCUT2D eigenvalue weighted by Crippen LogP contribution is 2.26. The highest BCUT2D eigenvalue weighted by molar-refractivity contribution is 6.07. The van der Waals surface area contributed by atoms with Gasteiger partial charge in [0.15, 0.2) is 5.78 Å². The van der Waals surface area contributed by atoms with Crippen LogP contribution in [-0.4, -0.2) is 22.8 Å². The van der Waals surface area contributed by atoms with Gasteiger partial charge in [-0.3, -0.25) is 9.59 Å². The summed E-state index contributed by atoms with van der Waals surface area (Å²) in [6, 6.07) is 11.2. The molecule has 0 unspecified atom stereocenters. The number of hydrogen-bond donors (Lipinski definition) is 1. The van der Waals surface area contributed by atoms with Crippen LogP contribution in [0.25, 0.3) is 10.9 Å².